The van der Waals surface area contributed by atoms with Crippen LogP contribution < -0.4 is 11.1 Å². The van der Waals surface area contributed by atoms with E-state index in [0.717, 1.165) is 57.8 Å². The molecule has 0 fully saturated rings. The molecule has 0 aliphatic carbocycles. The molecule has 3 atom stereocenters. The lowest BCUT2D eigenvalue weighted by atomic mass is 10.1. The van der Waals surface area contributed by atoms with Gasteiger partial charge in [-0.15, -0.1) is 0 Å². The van der Waals surface area contributed by atoms with E-state index >= 15 is 0 Å². The Morgan fingerprint density at radius 3 is 1.65 bits per heavy atom. The molecule has 1 amide bonds. The molecule has 0 aromatic heterocycles. The maximum atomic E-state index is 12.7. The topological polar surface area (TPSA) is 131 Å². The van der Waals surface area contributed by atoms with Crippen molar-refractivity contribution in [3.63, 3.8) is 0 Å². The summed E-state index contributed by atoms with van der Waals surface area (Å²) in [4.78, 5) is 22.6. The number of allylic oxidation sites excluding steroid dienone is 5. The third-order valence-electron chi connectivity index (χ3n) is 8.44. The van der Waals surface area contributed by atoms with Gasteiger partial charge in [-0.1, -0.05) is 147 Å². The van der Waals surface area contributed by atoms with Crippen LogP contribution >= 0.6 is 7.82 Å². The normalized spacial score (nSPS) is 14.7. The quantitative estimate of drug-likeness (QED) is 0.0291. The molecule has 0 aromatic rings. The number of carbonyl (C=O) groups excluding carboxylic acids is 1. The first-order chi connectivity index (χ1) is 23.4. The molecule has 5 N–H and O–H groups in total. The predicted octanol–water partition coefficient (Wildman–Crippen LogP) is 10.4. The van der Waals surface area contributed by atoms with Crippen LogP contribution in [0.1, 0.15) is 174 Å². The fourth-order valence-electron chi connectivity index (χ4n) is 5.43. The standard InChI is InChI=1S/C39H75N2O6P/c1-3-5-7-9-11-13-15-17-18-19-20-21-22-24-26-28-30-32-38(42)37(36-47-48(44,45)46-35-34-40)41-39(43)33-31-29-27-25-23-16-14-12-10-8-6-4-2/h12,14,22,24,30,32,37-38,42H,3-11,13,15-21,23,25-29,31,33-36,40H2,1-2H3,(H,41,43)(H,44,45)/b14-12-,24-22+,32-30+. The second kappa shape index (κ2) is 35.5. The zero-order valence-electron chi connectivity index (χ0n) is 31.0. The van der Waals surface area contributed by atoms with Crippen molar-refractivity contribution in [1.29, 1.82) is 0 Å². The Hall–Kier alpha value is -1.28. The Kier molecular flexibility index (Phi) is 34.6. The number of aliphatic hydroxyl groups excluding tert-OH is 1. The number of hydrogen-bond donors (Lipinski definition) is 4. The number of nitrogens with one attached hydrogen (secondary N) is 1. The molecule has 0 saturated carbocycles. The molecule has 0 radical (unpaired) electrons. The summed E-state index contributed by atoms with van der Waals surface area (Å²) in [6.45, 7) is 4.07. The lowest BCUT2D eigenvalue weighted by Crippen LogP contribution is -2.45. The van der Waals surface area contributed by atoms with Crippen molar-refractivity contribution in [2.24, 2.45) is 5.73 Å². The number of aliphatic hydroxyl groups is 1. The Labute approximate surface area is 295 Å². The highest BCUT2D eigenvalue weighted by Crippen LogP contribution is 2.43. The van der Waals surface area contributed by atoms with E-state index in [2.05, 4.69) is 43.5 Å². The van der Waals surface area contributed by atoms with Gasteiger partial charge in [0.05, 0.1) is 25.4 Å². The fourth-order valence-corrected chi connectivity index (χ4v) is 6.19. The van der Waals surface area contributed by atoms with E-state index in [9.17, 15) is 19.4 Å². The molecular formula is C39H75N2O6P. The SMILES string of the molecule is CCCCC/C=C\CCCCCCCC(=O)NC(COP(=O)(O)OCCN)C(O)/C=C/CC/C=C/CCCCCCCCCCCCC. The minimum Gasteiger partial charge on any atom is -0.387 e. The minimum atomic E-state index is -4.34. The summed E-state index contributed by atoms with van der Waals surface area (Å²) in [5.74, 6) is -0.216. The third kappa shape index (κ3) is 33.2. The van der Waals surface area contributed by atoms with Crippen molar-refractivity contribution < 1.29 is 28.4 Å². The van der Waals surface area contributed by atoms with Gasteiger partial charge >= 0.3 is 7.82 Å². The van der Waals surface area contributed by atoms with E-state index in [-0.39, 0.29) is 25.7 Å². The molecule has 0 heterocycles. The van der Waals surface area contributed by atoms with E-state index in [4.69, 9.17) is 14.8 Å². The molecule has 0 aromatic carbocycles. The first kappa shape index (κ1) is 46.7. The second-order valence-electron chi connectivity index (χ2n) is 13.1. The first-order valence-electron chi connectivity index (χ1n) is 19.6. The van der Waals surface area contributed by atoms with E-state index in [1.54, 1.807) is 6.08 Å². The summed E-state index contributed by atoms with van der Waals surface area (Å²) < 4.78 is 22.0. The van der Waals surface area contributed by atoms with E-state index < -0.39 is 20.0 Å². The largest absolute Gasteiger partial charge is 0.472 e. The highest BCUT2D eigenvalue weighted by atomic mass is 31.2. The van der Waals surface area contributed by atoms with Gasteiger partial charge in [0.25, 0.3) is 0 Å². The highest BCUT2D eigenvalue weighted by Gasteiger charge is 2.26. The van der Waals surface area contributed by atoms with Crippen molar-refractivity contribution in [3.8, 4) is 0 Å². The third-order valence-corrected chi connectivity index (χ3v) is 9.42. The predicted molar refractivity (Wildman–Crippen MR) is 203 cm³/mol. The van der Waals surface area contributed by atoms with Gasteiger partial charge in [-0.25, -0.2) is 4.57 Å². The average Bonchev–Trinajstić information content (AvgIpc) is 3.07. The molecule has 0 spiro atoms. The summed E-state index contributed by atoms with van der Waals surface area (Å²) in [6, 6.07) is -0.878. The smallest absolute Gasteiger partial charge is 0.387 e. The number of amides is 1. The van der Waals surface area contributed by atoms with E-state index in [1.807, 2.05) is 6.08 Å². The zero-order valence-corrected chi connectivity index (χ0v) is 31.9. The molecule has 8 nitrogen and oxygen atoms in total. The van der Waals surface area contributed by atoms with Crippen LogP contribution in [-0.2, 0) is 18.4 Å². The number of hydrogen-bond acceptors (Lipinski definition) is 6. The minimum absolute atomic E-state index is 0.0724. The summed E-state index contributed by atoms with van der Waals surface area (Å²) in [5.41, 5.74) is 5.35. The van der Waals surface area contributed by atoms with Gasteiger partial charge in [0.15, 0.2) is 0 Å². The number of phosphoric ester groups is 1. The molecule has 9 heteroatoms. The molecule has 0 aliphatic heterocycles. The van der Waals surface area contributed by atoms with Gasteiger partial charge in [0.1, 0.15) is 0 Å². The number of phosphoric acid groups is 1. The van der Waals surface area contributed by atoms with Gasteiger partial charge in [0.2, 0.25) is 5.91 Å². The van der Waals surface area contributed by atoms with Crippen LogP contribution in [0.5, 0.6) is 0 Å². The van der Waals surface area contributed by atoms with Gasteiger partial charge in [-0.3, -0.25) is 13.8 Å². The van der Waals surface area contributed by atoms with Gasteiger partial charge in [-0.2, -0.15) is 0 Å². The van der Waals surface area contributed by atoms with Gasteiger partial charge < -0.3 is 21.1 Å². The zero-order chi connectivity index (χ0) is 35.4. The van der Waals surface area contributed by atoms with Crippen LogP contribution in [0.2, 0.25) is 0 Å². The van der Waals surface area contributed by atoms with Crippen LogP contribution in [0.3, 0.4) is 0 Å². The second-order valence-corrected chi connectivity index (χ2v) is 14.6. The van der Waals surface area contributed by atoms with E-state index in [1.165, 1.54) is 96.3 Å². The average molecular weight is 699 g/mol. The van der Waals surface area contributed by atoms with Gasteiger partial charge in [-0.05, 0) is 57.8 Å². The number of carbonyl (C=O) groups is 1. The molecular weight excluding hydrogens is 623 g/mol. The van der Waals surface area contributed by atoms with Crippen LogP contribution in [0, 0.1) is 0 Å². The lowest BCUT2D eigenvalue weighted by molar-refractivity contribution is -0.123. The molecule has 282 valence electrons. The van der Waals surface area contributed by atoms with Crippen LogP contribution in [0.25, 0.3) is 0 Å². The molecule has 0 rings (SSSR count). The van der Waals surface area contributed by atoms with Crippen molar-refractivity contribution >= 4 is 13.7 Å². The number of rotatable bonds is 36. The highest BCUT2D eigenvalue weighted by molar-refractivity contribution is 7.47. The van der Waals surface area contributed by atoms with Crippen LogP contribution in [0.4, 0.5) is 0 Å². The number of unbranched alkanes of at least 4 members (excludes halogenated alkanes) is 20. The lowest BCUT2D eigenvalue weighted by Gasteiger charge is -2.23. The van der Waals surface area contributed by atoms with Crippen LogP contribution in [-0.4, -0.2) is 47.8 Å². The Morgan fingerprint density at radius 2 is 1.10 bits per heavy atom. The Balaban J connectivity index is 4.35. The van der Waals surface area contributed by atoms with Crippen molar-refractivity contribution in [2.75, 3.05) is 19.8 Å². The monoisotopic (exact) mass is 699 g/mol. The first-order valence-corrected chi connectivity index (χ1v) is 21.1. The Morgan fingerprint density at radius 1 is 0.667 bits per heavy atom. The van der Waals surface area contributed by atoms with Gasteiger partial charge in [0, 0.05) is 13.0 Å². The molecule has 0 bridgehead atoms. The molecule has 0 aliphatic rings. The summed E-state index contributed by atoms with van der Waals surface area (Å²) in [5, 5.41) is 13.6. The maximum Gasteiger partial charge on any atom is 0.472 e. The van der Waals surface area contributed by atoms with Crippen molar-refractivity contribution in [3.05, 3.63) is 36.5 Å². The Bertz CT molecular complexity index is 850. The molecule has 48 heavy (non-hydrogen) atoms. The molecule has 3 unspecified atom stereocenters. The summed E-state index contributed by atoms with van der Waals surface area (Å²) in [6.07, 6.45) is 40.5. The van der Waals surface area contributed by atoms with Crippen molar-refractivity contribution in [1.82, 2.24) is 5.32 Å². The summed E-state index contributed by atoms with van der Waals surface area (Å²) >= 11 is 0. The van der Waals surface area contributed by atoms with E-state index in [0.29, 0.717) is 6.42 Å². The van der Waals surface area contributed by atoms with Crippen molar-refractivity contribution in [2.45, 2.75) is 187 Å². The fraction of sp³-hybridized carbons (Fsp3) is 0.821. The number of nitrogens with two attached hydrogens (primary N) is 1. The molecule has 0 saturated heterocycles. The summed E-state index contributed by atoms with van der Waals surface area (Å²) in [7, 11) is -4.34. The maximum absolute atomic E-state index is 12.7. The van der Waals surface area contributed by atoms with Crippen LogP contribution in [0.15, 0.2) is 36.5 Å².